The molecule has 0 aliphatic heterocycles. The van der Waals surface area contributed by atoms with Crippen molar-refractivity contribution in [1.82, 2.24) is 9.88 Å². The van der Waals surface area contributed by atoms with Gasteiger partial charge in [0.2, 0.25) is 0 Å². The fraction of sp³-hybridized carbons (Fsp3) is 0.429. The SMILES string of the molecule is CCOC(=O)c1c(C)[nH]c(C(=O)C(C)N(C)Cc2ccc(OC)c(F)c2)c1C. The smallest absolute Gasteiger partial charge is 0.340 e. The van der Waals surface area contributed by atoms with Gasteiger partial charge in [-0.2, -0.15) is 0 Å². The number of carbonyl (C=O) groups is 2. The summed E-state index contributed by atoms with van der Waals surface area (Å²) in [5, 5.41) is 0. The normalized spacial score (nSPS) is 12.1. The zero-order chi connectivity index (χ0) is 21.0. The fourth-order valence-corrected chi connectivity index (χ4v) is 3.15. The molecule has 0 radical (unpaired) electrons. The van der Waals surface area contributed by atoms with Crippen molar-refractivity contribution < 1.29 is 23.5 Å². The number of methoxy groups -OCH3 is 1. The number of nitrogens with zero attached hydrogens (tertiary/aromatic N) is 1. The van der Waals surface area contributed by atoms with E-state index in [1.54, 1.807) is 46.9 Å². The van der Waals surface area contributed by atoms with Gasteiger partial charge in [0, 0.05) is 12.2 Å². The van der Waals surface area contributed by atoms with Crippen molar-refractivity contribution in [2.45, 2.75) is 40.3 Å². The number of hydrogen-bond donors (Lipinski definition) is 1. The van der Waals surface area contributed by atoms with Crippen molar-refractivity contribution in [2.75, 3.05) is 20.8 Å². The highest BCUT2D eigenvalue weighted by Crippen LogP contribution is 2.23. The summed E-state index contributed by atoms with van der Waals surface area (Å²) in [4.78, 5) is 30.0. The van der Waals surface area contributed by atoms with Crippen LogP contribution in [0.3, 0.4) is 0 Å². The molecule has 6 nitrogen and oxygen atoms in total. The van der Waals surface area contributed by atoms with Crippen molar-refractivity contribution in [3.05, 3.63) is 52.1 Å². The number of ketones is 1. The van der Waals surface area contributed by atoms with Crippen molar-refractivity contribution in [2.24, 2.45) is 0 Å². The number of nitrogens with one attached hydrogen (secondary N) is 1. The van der Waals surface area contributed by atoms with Crippen LogP contribution >= 0.6 is 0 Å². The predicted octanol–water partition coefficient (Wildman–Crippen LogP) is 3.66. The Balaban J connectivity index is 2.19. The minimum Gasteiger partial charge on any atom is -0.494 e. The van der Waals surface area contributed by atoms with Gasteiger partial charge < -0.3 is 14.5 Å². The first kappa shape index (κ1) is 21.6. The molecule has 0 saturated heterocycles. The van der Waals surface area contributed by atoms with Crippen molar-refractivity contribution >= 4 is 11.8 Å². The van der Waals surface area contributed by atoms with Crippen LogP contribution in [0.4, 0.5) is 4.39 Å². The van der Waals surface area contributed by atoms with Crippen LogP contribution in [0.2, 0.25) is 0 Å². The van der Waals surface area contributed by atoms with Gasteiger partial charge in [-0.15, -0.1) is 0 Å². The molecule has 1 aromatic carbocycles. The van der Waals surface area contributed by atoms with Crippen LogP contribution in [-0.2, 0) is 11.3 Å². The second kappa shape index (κ2) is 9.01. The minimum atomic E-state index is -0.475. The number of H-pyrrole nitrogens is 1. The van der Waals surface area contributed by atoms with E-state index in [9.17, 15) is 14.0 Å². The molecule has 2 aromatic rings. The Morgan fingerprint density at radius 3 is 2.54 bits per heavy atom. The highest BCUT2D eigenvalue weighted by Gasteiger charge is 2.27. The third-order valence-corrected chi connectivity index (χ3v) is 4.85. The molecule has 28 heavy (non-hydrogen) atoms. The molecular weight excluding hydrogens is 363 g/mol. The van der Waals surface area contributed by atoms with Gasteiger partial charge in [-0.3, -0.25) is 9.69 Å². The monoisotopic (exact) mass is 390 g/mol. The summed E-state index contributed by atoms with van der Waals surface area (Å²) < 4.78 is 23.9. The van der Waals surface area contributed by atoms with E-state index in [0.29, 0.717) is 29.1 Å². The maximum Gasteiger partial charge on any atom is 0.340 e. The predicted molar refractivity (Wildman–Crippen MR) is 104 cm³/mol. The first-order valence-corrected chi connectivity index (χ1v) is 9.14. The minimum absolute atomic E-state index is 0.146. The van der Waals surface area contributed by atoms with Gasteiger partial charge >= 0.3 is 5.97 Å². The molecule has 1 aromatic heterocycles. The maximum atomic E-state index is 13.9. The van der Waals surface area contributed by atoms with Crippen LogP contribution in [0, 0.1) is 19.7 Å². The number of Topliss-reactive ketones (excluding diaryl/α,β-unsaturated/α-hetero) is 1. The summed E-state index contributed by atoms with van der Waals surface area (Å²) in [7, 11) is 3.21. The molecule has 0 fully saturated rings. The molecule has 0 aliphatic rings. The molecule has 0 saturated carbocycles. The average molecular weight is 390 g/mol. The number of carbonyl (C=O) groups excluding carboxylic acids is 2. The van der Waals surface area contributed by atoms with E-state index >= 15 is 0 Å². The Labute approximate surface area is 164 Å². The zero-order valence-corrected chi connectivity index (χ0v) is 17.2. The highest BCUT2D eigenvalue weighted by atomic mass is 19.1. The summed E-state index contributed by atoms with van der Waals surface area (Å²) in [6, 6.07) is 4.25. The van der Waals surface area contributed by atoms with E-state index in [2.05, 4.69) is 4.98 Å². The van der Waals surface area contributed by atoms with E-state index in [4.69, 9.17) is 9.47 Å². The van der Waals surface area contributed by atoms with Crippen molar-refractivity contribution in [3.8, 4) is 5.75 Å². The summed E-state index contributed by atoms with van der Waals surface area (Å²) in [6.07, 6.45) is 0. The van der Waals surface area contributed by atoms with Crippen LogP contribution in [0.1, 0.15) is 51.5 Å². The third-order valence-electron chi connectivity index (χ3n) is 4.85. The molecule has 1 N–H and O–H groups in total. The van der Waals surface area contributed by atoms with Crippen LogP contribution in [0.5, 0.6) is 5.75 Å². The summed E-state index contributed by atoms with van der Waals surface area (Å²) >= 11 is 0. The first-order chi connectivity index (χ1) is 13.2. The molecular formula is C21H27FN2O4. The number of rotatable bonds is 8. The molecule has 1 atom stereocenters. The number of likely N-dealkylation sites (N-methyl/N-ethyl adjacent to an activating group) is 1. The van der Waals surface area contributed by atoms with E-state index in [1.807, 2.05) is 4.90 Å². The fourth-order valence-electron chi connectivity index (χ4n) is 3.15. The lowest BCUT2D eigenvalue weighted by Crippen LogP contribution is -2.36. The lowest BCUT2D eigenvalue weighted by atomic mass is 10.0. The second-order valence-corrected chi connectivity index (χ2v) is 6.77. The van der Waals surface area contributed by atoms with Crippen molar-refractivity contribution in [1.29, 1.82) is 0 Å². The molecule has 0 bridgehead atoms. The van der Waals surface area contributed by atoms with Crippen LogP contribution in [-0.4, -0.2) is 48.4 Å². The zero-order valence-electron chi connectivity index (χ0n) is 17.2. The van der Waals surface area contributed by atoms with Gasteiger partial charge in [0.05, 0.1) is 31.0 Å². The molecule has 1 unspecified atom stereocenters. The lowest BCUT2D eigenvalue weighted by Gasteiger charge is -2.23. The van der Waals surface area contributed by atoms with Gasteiger partial charge in [-0.05, 0) is 58.0 Å². The lowest BCUT2D eigenvalue weighted by molar-refractivity contribution is 0.0525. The van der Waals surface area contributed by atoms with E-state index < -0.39 is 17.8 Å². The first-order valence-electron chi connectivity index (χ1n) is 9.14. The molecule has 0 aliphatic carbocycles. The van der Waals surface area contributed by atoms with E-state index in [1.165, 1.54) is 13.2 Å². The Bertz CT molecular complexity index is 876. The topological polar surface area (TPSA) is 71.6 Å². The Morgan fingerprint density at radius 1 is 1.29 bits per heavy atom. The number of ether oxygens (including phenoxy) is 2. The third kappa shape index (κ3) is 4.42. The molecule has 0 amide bonds. The molecule has 0 spiro atoms. The van der Waals surface area contributed by atoms with Gasteiger partial charge in [0.25, 0.3) is 0 Å². The number of aromatic amines is 1. The van der Waals surface area contributed by atoms with Gasteiger partial charge in [0.1, 0.15) is 0 Å². The quantitative estimate of drug-likeness (QED) is 0.550. The second-order valence-electron chi connectivity index (χ2n) is 6.77. The van der Waals surface area contributed by atoms with E-state index in [0.717, 1.165) is 5.56 Å². The standard InChI is InChI=1S/C21H27FN2O4/c1-7-28-21(26)18-12(2)19(23-13(18)3)20(25)14(4)24(5)11-15-8-9-17(27-6)16(22)10-15/h8-10,14,23H,7,11H2,1-6H3. The maximum absolute atomic E-state index is 13.9. The molecule has 1 heterocycles. The Morgan fingerprint density at radius 2 is 1.96 bits per heavy atom. The van der Waals surface area contributed by atoms with Crippen LogP contribution in [0.25, 0.3) is 0 Å². The number of benzene rings is 1. The largest absolute Gasteiger partial charge is 0.494 e. The Kier molecular flexibility index (Phi) is 6.96. The van der Waals surface area contributed by atoms with Crippen LogP contribution < -0.4 is 4.74 Å². The van der Waals surface area contributed by atoms with Gasteiger partial charge in [-0.1, -0.05) is 6.07 Å². The molecule has 7 heteroatoms. The summed E-state index contributed by atoms with van der Waals surface area (Å²) in [5.74, 6) is -0.850. The molecule has 2 rings (SSSR count). The van der Waals surface area contributed by atoms with Crippen molar-refractivity contribution in [3.63, 3.8) is 0 Å². The van der Waals surface area contributed by atoms with Gasteiger partial charge in [-0.25, -0.2) is 9.18 Å². The molecule has 152 valence electrons. The number of esters is 1. The number of halogens is 1. The number of aromatic nitrogens is 1. The number of aryl methyl sites for hydroxylation is 1. The number of hydrogen-bond acceptors (Lipinski definition) is 5. The van der Waals surface area contributed by atoms with E-state index in [-0.39, 0.29) is 18.1 Å². The van der Waals surface area contributed by atoms with Gasteiger partial charge in [0.15, 0.2) is 17.3 Å². The van der Waals surface area contributed by atoms with Crippen LogP contribution in [0.15, 0.2) is 18.2 Å². The highest BCUT2D eigenvalue weighted by molar-refractivity contribution is 6.03. The summed E-state index contributed by atoms with van der Waals surface area (Å²) in [6.45, 7) is 7.64. The average Bonchev–Trinajstić information content (AvgIpc) is 2.95. The Hall–Kier alpha value is -2.67. The summed E-state index contributed by atoms with van der Waals surface area (Å²) in [5.41, 5.74) is 2.70.